The molecular formula is C16H25NO4. The number of hydrogen-bond acceptors (Lipinski definition) is 5. The summed E-state index contributed by atoms with van der Waals surface area (Å²) in [6, 6.07) is 7.36. The van der Waals surface area contributed by atoms with E-state index in [4.69, 9.17) is 14.2 Å². The molecule has 1 atom stereocenters. The topological polar surface area (TPSA) is 56.8 Å². The lowest BCUT2D eigenvalue weighted by Gasteiger charge is -2.26. The minimum atomic E-state index is -0.868. The van der Waals surface area contributed by atoms with Crippen molar-refractivity contribution in [3.63, 3.8) is 0 Å². The van der Waals surface area contributed by atoms with Crippen molar-refractivity contribution in [2.75, 3.05) is 26.9 Å². The van der Waals surface area contributed by atoms with Crippen molar-refractivity contribution in [2.45, 2.75) is 32.7 Å². The molecule has 0 aliphatic heterocycles. The second kappa shape index (κ2) is 8.52. The van der Waals surface area contributed by atoms with Gasteiger partial charge in [0.05, 0.1) is 13.2 Å². The number of benzene rings is 1. The highest BCUT2D eigenvalue weighted by Gasteiger charge is 2.34. The third-order valence-electron chi connectivity index (χ3n) is 3.10. The van der Waals surface area contributed by atoms with Crippen LogP contribution in [0, 0.1) is 0 Å². The highest BCUT2D eigenvalue weighted by molar-refractivity contribution is 5.80. The van der Waals surface area contributed by atoms with Gasteiger partial charge in [-0.3, -0.25) is 0 Å². The Hall–Kier alpha value is -1.75. The molecule has 0 heterocycles. The standard InChI is InChI=1S/C16H25NO4/c1-5-11-20-13-7-9-14(10-8-13)21-12-16(3,17-4)15(18)19-6-2/h7-10,17H,5-6,11-12H2,1-4H3. The summed E-state index contributed by atoms with van der Waals surface area (Å²) in [5.41, 5.74) is -0.868. The molecule has 0 aliphatic carbocycles. The smallest absolute Gasteiger partial charge is 0.329 e. The summed E-state index contributed by atoms with van der Waals surface area (Å²) in [5.74, 6) is 1.17. The molecule has 1 N–H and O–H groups in total. The van der Waals surface area contributed by atoms with Crippen LogP contribution in [0.25, 0.3) is 0 Å². The van der Waals surface area contributed by atoms with Crippen LogP contribution in [0.3, 0.4) is 0 Å². The number of rotatable bonds is 9. The van der Waals surface area contributed by atoms with E-state index in [-0.39, 0.29) is 12.6 Å². The third-order valence-corrected chi connectivity index (χ3v) is 3.10. The molecule has 0 aliphatic rings. The van der Waals surface area contributed by atoms with Gasteiger partial charge in [0.25, 0.3) is 0 Å². The summed E-state index contributed by atoms with van der Waals surface area (Å²) in [6.45, 7) is 6.83. The molecule has 1 aromatic rings. The van der Waals surface area contributed by atoms with Crippen LogP contribution in [-0.4, -0.2) is 38.4 Å². The molecule has 5 nitrogen and oxygen atoms in total. The predicted octanol–water partition coefficient (Wildman–Crippen LogP) is 2.40. The first kappa shape index (κ1) is 17.3. The summed E-state index contributed by atoms with van der Waals surface area (Å²) in [4.78, 5) is 11.9. The van der Waals surface area contributed by atoms with Gasteiger partial charge < -0.3 is 19.5 Å². The Bertz CT molecular complexity index is 432. The summed E-state index contributed by atoms with van der Waals surface area (Å²) >= 11 is 0. The Morgan fingerprint density at radius 2 is 1.71 bits per heavy atom. The van der Waals surface area contributed by atoms with E-state index in [0.29, 0.717) is 19.0 Å². The summed E-state index contributed by atoms with van der Waals surface area (Å²) in [7, 11) is 1.71. The van der Waals surface area contributed by atoms with Crippen LogP contribution in [-0.2, 0) is 9.53 Å². The lowest BCUT2D eigenvalue weighted by atomic mass is 10.1. The molecule has 1 unspecified atom stereocenters. The number of likely N-dealkylation sites (N-methyl/N-ethyl adjacent to an activating group) is 1. The summed E-state index contributed by atoms with van der Waals surface area (Å²) in [6.07, 6.45) is 0.971. The zero-order valence-corrected chi connectivity index (χ0v) is 13.3. The lowest BCUT2D eigenvalue weighted by Crippen LogP contribution is -2.53. The Morgan fingerprint density at radius 3 is 2.19 bits per heavy atom. The van der Waals surface area contributed by atoms with E-state index in [0.717, 1.165) is 12.2 Å². The number of nitrogens with one attached hydrogen (secondary N) is 1. The summed E-state index contributed by atoms with van der Waals surface area (Å²) < 4.78 is 16.2. The fourth-order valence-electron chi connectivity index (χ4n) is 1.60. The van der Waals surface area contributed by atoms with Crippen LogP contribution in [0.4, 0.5) is 0 Å². The van der Waals surface area contributed by atoms with Gasteiger partial charge in [-0.05, 0) is 51.6 Å². The van der Waals surface area contributed by atoms with Gasteiger partial charge in [0, 0.05) is 0 Å². The molecule has 1 rings (SSSR count). The minimum absolute atomic E-state index is 0.192. The maximum absolute atomic E-state index is 11.9. The molecule has 1 aromatic carbocycles. The van der Waals surface area contributed by atoms with Crippen molar-refractivity contribution in [1.29, 1.82) is 0 Å². The van der Waals surface area contributed by atoms with Gasteiger partial charge in [-0.1, -0.05) is 6.92 Å². The Balaban J connectivity index is 2.58. The molecule has 0 radical (unpaired) electrons. The second-order valence-electron chi connectivity index (χ2n) is 4.91. The van der Waals surface area contributed by atoms with E-state index >= 15 is 0 Å². The zero-order valence-electron chi connectivity index (χ0n) is 13.3. The van der Waals surface area contributed by atoms with Gasteiger partial charge >= 0.3 is 5.97 Å². The van der Waals surface area contributed by atoms with E-state index in [1.54, 1.807) is 20.9 Å². The average Bonchev–Trinajstić information content (AvgIpc) is 2.51. The van der Waals surface area contributed by atoms with Crippen molar-refractivity contribution in [3.05, 3.63) is 24.3 Å². The molecule has 0 bridgehead atoms. The van der Waals surface area contributed by atoms with Gasteiger partial charge in [0.2, 0.25) is 0 Å². The van der Waals surface area contributed by atoms with Gasteiger partial charge in [-0.15, -0.1) is 0 Å². The van der Waals surface area contributed by atoms with Gasteiger partial charge in [0.15, 0.2) is 0 Å². The van der Waals surface area contributed by atoms with Gasteiger partial charge in [0.1, 0.15) is 23.6 Å². The fourth-order valence-corrected chi connectivity index (χ4v) is 1.60. The highest BCUT2D eigenvalue weighted by Crippen LogP contribution is 2.19. The van der Waals surface area contributed by atoms with Crippen molar-refractivity contribution >= 4 is 5.97 Å². The largest absolute Gasteiger partial charge is 0.494 e. The van der Waals surface area contributed by atoms with Crippen LogP contribution >= 0.6 is 0 Å². The van der Waals surface area contributed by atoms with E-state index in [2.05, 4.69) is 12.2 Å². The molecule has 0 fully saturated rings. The zero-order chi connectivity index (χ0) is 15.7. The van der Waals surface area contributed by atoms with E-state index in [9.17, 15) is 4.79 Å². The van der Waals surface area contributed by atoms with Crippen LogP contribution < -0.4 is 14.8 Å². The van der Waals surface area contributed by atoms with E-state index in [1.807, 2.05) is 24.3 Å². The van der Waals surface area contributed by atoms with Crippen LogP contribution in [0.1, 0.15) is 27.2 Å². The van der Waals surface area contributed by atoms with Crippen LogP contribution in [0.5, 0.6) is 11.5 Å². The number of hydrogen-bond donors (Lipinski definition) is 1. The molecule has 118 valence electrons. The molecule has 0 amide bonds. The van der Waals surface area contributed by atoms with Crippen molar-refractivity contribution < 1.29 is 19.0 Å². The fraction of sp³-hybridized carbons (Fsp3) is 0.562. The van der Waals surface area contributed by atoms with Crippen molar-refractivity contribution in [2.24, 2.45) is 0 Å². The Morgan fingerprint density at radius 1 is 1.14 bits per heavy atom. The van der Waals surface area contributed by atoms with Crippen molar-refractivity contribution in [1.82, 2.24) is 5.32 Å². The number of ether oxygens (including phenoxy) is 3. The van der Waals surface area contributed by atoms with Crippen LogP contribution in [0.2, 0.25) is 0 Å². The Labute approximate surface area is 126 Å². The molecule has 0 saturated carbocycles. The molecule has 0 aromatic heterocycles. The lowest BCUT2D eigenvalue weighted by molar-refractivity contribution is -0.151. The normalized spacial score (nSPS) is 13.3. The molecule has 0 saturated heterocycles. The monoisotopic (exact) mass is 295 g/mol. The first-order chi connectivity index (χ1) is 10.1. The first-order valence-electron chi connectivity index (χ1n) is 7.27. The van der Waals surface area contributed by atoms with E-state index < -0.39 is 5.54 Å². The average molecular weight is 295 g/mol. The molecule has 0 spiro atoms. The SMILES string of the molecule is CCCOc1ccc(OCC(C)(NC)C(=O)OCC)cc1. The van der Waals surface area contributed by atoms with Crippen molar-refractivity contribution in [3.8, 4) is 11.5 Å². The highest BCUT2D eigenvalue weighted by atomic mass is 16.5. The van der Waals surface area contributed by atoms with Crippen LogP contribution in [0.15, 0.2) is 24.3 Å². The van der Waals surface area contributed by atoms with Gasteiger partial charge in [-0.2, -0.15) is 0 Å². The third kappa shape index (κ3) is 5.27. The molecular weight excluding hydrogens is 270 g/mol. The first-order valence-corrected chi connectivity index (χ1v) is 7.27. The number of carbonyl (C=O) groups is 1. The number of esters is 1. The quantitative estimate of drug-likeness (QED) is 0.709. The Kier molecular flexibility index (Phi) is 7.02. The maximum atomic E-state index is 11.9. The number of carbonyl (C=O) groups excluding carboxylic acids is 1. The van der Waals surface area contributed by atoms with Gasteiger partial charge in [-0.25, -0.2) is 4.79 Å². The molecule has 21 heavy (non-hydrogen) atoms. The summed E-state index contributed by atoms with van der Waals surface area (Å²) in [5, 5.41) is 2.95. The molecule has 5 heteroatoms. The second-order valence-corrected chi connectivity index (χ2v) is 4.91. The minimum Gasteiger partial charge on any atom is -0.494 e. The van der Waals surface area contributed by atoms with E-state index in [1.165, 1.54) is 0 Å². The maximum Gasteiger partial charge on any atom is 0.329 e. The predicted molar refractivity (Wildman–Crippen MR) is 81.8 cm³/mol.